The highest BCUT2D eigenvalue weighted by Gasteiger charge is 2.62. The number of hydrogen-bond acceptors (Lipinski definition) is 2. The molecule has 0 aliphatic heterocycles. The highest BCUT2D eigenvalue weighted by molar-refractivity contribution is 6.31. The molecule has 1 fully saturated rings. The van der Waals surface area contributed by atoms with Gasteiger partial charge in [-0.1, -0.05) is 0 Å². The molecule has 1 aliphatic carbocycles. The molecule has 0 heterocycles. The largest absolute Gasteiger partial charge is 0.468 e. The minimum absolute atomic E-state index is 0.103. The van der Waals surface area contributed by atoms with Gasteiger partial charge in [0.05, 0.1) is 28.3 Å². The van der Waals surface area contributed by atoms with E-state index < -0.39 is 5.38 Å². The van der Waals surface area contributed by atoms with Gasteiger partial charge in [0.15, 0.2) is 5.38 Å². The predicted molar refractivity (Wildman–Crippen MR) is 51.7 cm³/mol. The molecule has 1 rings (SSSR count). The molecule has 1 unspecified atom stereocenters. The summed E-state index contributed by atoms with van der Waals surface area (Å²) in [6.07, 6.45) is 2.00. The van der Waals surface area contributed by atoms with Gasteiger partial charge in [0.1, 0.15) is 5.54 Å². The number of alkyl halides is 1. The molecule has 76 valence electrons. The molecule has 0 spiro atoms. The van der Waals surface area contributed by atoms with E-state index in [-0.39, 0.29) is 11.5 Å². The van der Waals surface area contributed by atoms with Crippen molar-refractivity contribution in [3.63, 3.8) is 0 Å². The maximum Gasteiger partial charge on any atom is 0.330 e. The smallest absolute Gasteiger partial charge is 0.330 e. The Morgan fingerprint density at radius 3 is 2.15 bits per heavy atom. The van der Waals surface area contributed by atoms with Gasteiger partial charge in [0.25, 0.3) is 0 Å². The second-order valence-corrected chi connectivity index (χ2v) is 4.94. The van der Waals surface area contributed by atoms with Crippen LogP contribution < -0.4 is 0 Å². The third-order valence-corrected chi connectivity index (χ3v) is 3.56. The molecular weight excluding hydrogens is 190 g/mol. The van der Waals surface area contributed by atoms with E-state index in [9.17, 15) is 4.79 Å². The van der Waals surface area contributed by atoms with Crippen LogP contribution >= 0.6 is 11.6 Å². The molecule has 13 heavy (non-hydrogen) atoms. The molecule has 1 aliphatic rings. The van der Waals surface area contributed by atoms with Crippen molar-refractivity contribution in [2.24, 2.45) is 0 Å². The first-order valence-electron chi connectivity index (χ1n) is 4.38. The lowest BCUT2D eigenvalue weighted by Gasteiger charge is -2.36. The summed E-state index contributed by atoms with van der Waals surface area (Å²) < 4.78 is 5.37. The zero-order valence-corrected chi connectivity index (χ0v) is 9.39. The van der Waals surface area contributed by atoms with E-state index in [1.807, 2.05) is 0 Å². The number of methoxy groups -OCH3 is 1. The lowest BCUT2D eigenvalue weighted by molar-refractivity contribution is -0.906. The third-order valence-electron chi connectivity index (χ3n) is 2.98. The average molecular weight is 207 g/mol. The second-order valence-electron chi connectivity index (χ2n) is 4.50. The van der Waals surface area contributed by atoms with Crippen LogP contribution in [0.4, 0.5) is 0 Å². The van der Waals surface area contributed by atoms with Crippen LogP contribution in [0.1, 0.15) is 12.8 Å². The van der Waals surface area contributed by atoms with E-state index in [0.717, 1.165) is 17.3 Å². The fraction of sp³-hybridized carbons (Fsp3) is 0.889. The number of nitrogens with zero attached hydrogens (tertiary/aromatic N) is 1. The van der Waals surface area contributed by atoms with Gasteiger partial charge >= 0.3 is 5.97 Å². The van der Waals surface area contributed by atoms with E-state index in [4.69, 9.17) is 11.6 Å². The standard InChI is InChI=1S/C9H17ClNO2/c1-11(2,3)9(5-6-9)7(10)8(12)13-4/h7H,5-6H2,1-4H3/q+1. The third kappa shape index (κ3) is 1.67. The summed E-state index contributed by atoms with van der Waals surface area (Å²) in [6, 6.07) is 0. The van der Waals surface area contributed by atoms with Gasteiger partial charge in [-0.25, -0.2) is 0 Å². The van der Waals surface area contributed by atoms with Gasteiger partial charge in [-0.3, -0.25) is 4.79 Å². The van der Waals surface area contributed by atoms with Gasteiger partial charge in [0.2, 0.25) is 0 Å². The molecule has 0 saturated heterocycles. The van der Waals surface area contributed by atoms with Gasteiger partial charge in [-0.15, -0.1) is 11.6 Å². The molecule has 0 bridgehead atoms. The normalized spacial score (nSPS) is 22.2. The van der Waals surface area contributed by atoms with E-state index >= 15 is 0 Å². The molecule has 0 aromatic carbocycles. The van der Waals surface area contributed by atoms with Crippen molar-refractivity contribution in [3.05, 3.63) is 0 Å². The molecule has 1 saturated carbocycles. The van der Waals surface area contributed by atoms with Gasteiger partial charge in [-0.2, -0.15) is 0 Å². The molecule has 0 aromatic rings. The quantitative estimate of drug-likeness (QED) is 0.391. The number of esters is 1. The Morgan fingerprint density at radius 2 is 1.92 bits per heavy atom. The number of carbonyl (C=O) groups excluding carboxylic acids is 1. The first-order valence-corrected chi connectivity index (χ1v) is 4.82. The fourth-order valence-corrected chi connectivity index (χ4v) is 2.32. The lowest BCUT2D eigenvalue weighted by Crippen LogP contribution is -2.54. The SMILES string of the molecule is COC(=O)C(Cl)C1([N+](C)(C)C)CC1. The Balaban J connectivity index is 2.77. The van der Waals surface area contributed by atoms with E-state index in [1.165, 1.54) is 7.11 Å². The second kappa shape index (κ2) is 3.14. The van der Waals surface area contributed by atoms with Crippen LogP contribution in [-0.4, -0.2) is 49.6 Å². The van der Waals surface area contributed by atoms with Crippen molar-refractivity contribution in [1.29, 1.82) is 0 Å². The van der Waals surface area contributed by atoms with Crippen molar-refractivity contribution < 1.29 is 14.0 Å². The number of ether oxygens (including phenoxy) is 1. The molecule has 4 heteroatoms. The summed E-state index contributed by atoms with van der Waals surface area (Å²) in [5.74, 6) is -0.313. The summed E-state index contributed by atoms with van der Waals surface area (Å²) >= 11 is 6.08. The van der Waals surface area contributed by atoms with Crippen LogP contribution in [-0.2, 0) is 9.53 Å². The molecule has 1 atom stereocenters. The van der Waals surface area contributed by atoms with Crippen LogP contribution in [0.5, 0.6) is 0 Å². The van der Waals surface area contributed by atoms with Crippen LogP contribution in [0.15, 0.2) is 0 Å². The van der Waals surface area contributed by atoms with Crippen molar-refractivity contribution in [2.45, 2.75) is 23.8 Å². The topological polar surface area (TPSA) is 26.3 Å². The summed E-state index contributed by atoms with van der Waals surface area (Å²) in [7, 11) is 7.56. The van der Waals surface area contributed by atoms with Crippen LogP contribution in [0.3, 0.4) is 0 Å². The highest BCUT2D eigenvalue weighted by atomic mass is 35.5. The summed E-state index contributed by atoms with van der Waals surface area (Å²) in [6.45, 7) is 0. The van der Waals surface area contributed by atoms with E-state index in [0.29, 0.717) is 0 Å². The molecule has 0 radical (unpaired) electrons. The van der Waals surface area contributed by atoms with Crippen molar-refractivity contribution >= 4 is 17.6 Å². The number of rotatable bonds is 3. The Hall–Kier alpha value is -0.280. The van der Waals surface area contributed by atoms with Crippen LogP contribution in [0.2, 0.25) is 0 Å². The van der Waals surface area contributed by atoms with Gasteiger partial charge in [0, 0.05) is 12.8 Å². The Labute approximate surface area is 84.2 Å². The average Bonchev–Trinajstić information content (AvgIpc) is 2.80. The summed E-state index contributed by atoms with van der Waals surface area (Å²) in [4.78, 5) is 11.3. The number of hydrogen-bond donors (Lipinski definition) is 0. The maximum atomic E-state index is 11.3. The molecule has 0 amide bonds. The summed E-state index contributed by atoms with van der Waals surface area (Å²) in [5.41, 5.74) is -0.103. The maximum absolute atomic E-state index is 11.3. The van der Waals surface area contributed by atoms with E-state index in [2.05, 4.69) is 25.9 Å². The number of carbonyl (C=O) groups is 1. The number of quaternary nitrogens is 1. The van der Waals surface area contributed by atoms with E-state index in [1.54, 1.807) is 0 Å². The van der Waals surface area contributed by atoms with Crippen molar-refractivity contribution in [3.8, 4) is 0 Å². The van der Waals surface area contributed by atoms with Gasteiger partial charge < -0.3 is 9.22 Å². The minimum Gasteiger partial charge on any atom is -0.468 e. The van der Waals surface area contributed by atoms with Gasteiger partial charge in [-0.05, 0) is 0 Å². The predicted octanol–water partition coefficient (Wildman–Crippen LogP) is 1.01. The Bertz CT molecular complexity index is 218. The Morgan fingerprint density at radius 1 is 1.46 bits per heavy atom. The molecular formula is C9H17ClNO2+. The zero-order valence-electron chi connectivity index (χ0n) is 8.63. The first-order chi connectivity index (χ1) is 5.85. The Kier molecular flexibility index (Phi) is 2.61. The van der Waals surface area contributed by atoms with Crippen molar-refractivity contribution in [2.75, 3.05) is 28.3 Å². The molecule has 0 aromatic heterocycles. The first kappa shape index (κ1) is 10.8. The van der Waals surface area contributed by atoms with Crippen LogP contribution in [0, 0.1) is 0 Å². The zero-order chi connectivity index (χ0) is 10.3. The van der Waals surface area contributed by atoms with Crippen molar-refractivity contribution in [1.82, 2.24) is 0 Å². The molecule has 3 nitrogen and oxygen atoms in total. The monoisotopic (exact) mass is 206 g/mol. The summed E-state index contributed by atoms with van der Waals surface area (Å²) in [5, 5.41) is -0.516. The van der Waals surface area contributed by atoms with Crippen LogP contribution in [0.25, 0.3) is 0 Å². The number of halogens is 1. The minimum atomic E-state index is -0.516. The highest BCUT2D eigenvalue weighted by Crippen LogP contribution is 2.49. The lowest BCUT2D eigenvalue weighted by atomic mass is 10.1. The molecule has 0 N–H and O–H groups in total. The fourth-order valence-electron chi connectivity index (χ4n) is 1.72.